The Morgan fingerprint density at radius 3 is 2.36 bits per heavy atom. The Labute approximate surface area is 134 Å². The average molecular weight is 328 g/mol. The maximum Gasteiger partial charge on any atom is 0.466 e. The summed E-state index contributed by atoms with van der Waals surface area (Å²) in [6, 6.07) is 0. The molecule has 0 amide bonds. The van der Waals surface area contributed by atoms with Crippen LogP contribution < -0.4 is 5.73 Å². The van der Waals surface area contributed by atoms with Gasteiger partial charge >= 0.3 is 13.1 Å². The van der Waals surface area contributed by atoms with E-state index in [1.807, 2.05) is 27.7 Å². The van der Waals surface area contributed by atoms with Crippen molar-refractivity contribution in [1.29, 1.82) is 0 Å². The minimum absolute atomic E-state index is 0.105. The summed E-state index contributed by atoms with van der Waals surface area (Å²) in [4.78, 5) is 19.0. The van der Waals surface area contributed by atoms with Gasteiger partial charge in [0.1, 0.15) is 17.3 Å². The number of carboxylic acid groups (broad SMARTS) is 1. The Kier molecular flexibility index (Phi) is 4.38. The number of carbonyl (C=O) groups is 1. The van der Waals surface area contributed by atoms with Crippen molar-refractivity contribution in [2.45, 2.75) is 51.1 Å². The standard InChI is InChI=1S/C13H19BClN3O4/c1-12(2)13(3,4)22-14(21-12)7(5-8(19)20)9-10(15)17-6-18-11(9)16/h6-7H,5H2,1-4H3,(H,19,20)(H2,16,17,18). The number of nitrogens with two attached hydrogens (primary N) is 1. The first-order chi connectivity index (χ1) is 10.0. The van der Waals surface area contributed by atoms with Crippen LogP contribution in [0.15, 0.2) is 6.33 Å². The maximum atomic E-state index is 11.2. The van der Waals surface area contributed by atoms with E-state index >= 15 is 0 Å². The van der Waals surface area contributed by atoms with E-state index in [9.17, 15) is 9.90 Å². The molecule has 1 fully saturated rings. The van der Waals surface area contributed by atoms with Crippen LogP contribution >= 0.6 is 11.6 Å². The van der Waals surface area contributed by atoms with Gasteiger partial charge in [0.15, 0.2) is 0 Å². The predicted molar refractivity (Wildman–Crippen MR) is 82.5 cm³/mol. The smallest absolute Gasteiger partial charge is 0.466 e. The molecular weight excluding hydrogens is 308 g/mol. The summed E-state index contributed by atoms with van der Waals surface area (Å²) >= 11 is 6.09. The summed E-state index contributed by atoms with van der Waals surface area (Å²) in [6.45, 7) is 7.54. The lowest BCUT2D eigenvalue weighted by Crippen LogP contribution is -2.41. The lowest BCUT2D eigenvalue weighted by atomic mass is 9.66. The van der Waals surface area contributed by atoms with E-state index in [1.165, 1.54) is 6.33 Å². The SMILES string of the molecule is CC1(C)OB(C(CC(=O)O)c2c(N)ncnc2Cl)OC1(C)C. The molecule has 0 aromatic carbocycles. The summed E-state index contributed by atoms with van der Waals surface area (Å²) in [5.41, 5.74) is 5.02. The van der Waals surface area contributed by atoms with E-state index in [0.717, 1.165) is 0 Å². The molecule has 120 valence electrons. The monoisotopic (exact) mass is 327 g/mol. The van der Waals surface area contributed by atoms with Gasteiger partial charge in [0.05, 0.1) is 17.6 Å². The summed E-state index contributed by atoms with van der Waals surface area (Å²) in [5.74, 6) is -1.59. The van der Waals surface area contributed by atoms with Crippen molar-refractivity contribution in [3.05, 3.63) is 17.0 Å². The second-order valence-electron chi connectivity index (χ2n) is 6.29. The molecule has 2 rings (SSSR count). The third-order valence-electron chi connectivity index (χ3n) is 4.23. The first kappa shape index (κ1) is 17.0. The van der Waals surface area contributed by atoms with E-state index in [0.29, 0.717) is 5.56 Å². The molecule has 1 aromatic rings. The molecule has 22 heavy (non-hydrogen) atoms. The van der Waals surface area contributed by atoms with E-state index < -0.39 is 30.1 Å². The van der Waals surface area contributed by atoms with Gasteiger partial charge in [0.25, 0.3) is 0 Å². The molecule has 0 bridgehead atoms. The third-order valence-corrected chi connectivity index (χ3v) is 4.53. The highest BCUT2D eigenvalue weighted by atomic mass is 35.5. The number of rotatable bonds is 4. The van der Waals surface area contributed by atoms with Crippen LogP contribution in [0.3, 0.4) is 0 Å². The van der Waals surface area contributed by atoms with Crippen LogP contribution in [0.4, 0.5) is 5.82 Å². The maximum absolute atomic E-state index is 11.2. The average Bonchev–Trinajstić information content (AvgIpc) is 2.56. The van der Waals surface area contributed by atoms with Gasteiger partial charge in [-0.25, -0.2) is 9.97 Å². The van der Waals surface area contributed by atoms with Crippen LogP contribution in [0, 0.1) is 0 Å². The molecule has 0 saturated carbocycles. The molecule has 1 unspecified atom stereocenters. The number of nitrogens with zero attached hydrogens (tertiary/aromatic N) is 2. The van der Waals surface area contributed by atoms with E-state index in [-0.39, 0.29) is 17.4 Å². The van der Waals surface area contributed by atoms with Crippen molar-refractivity contribution in [3.63, 3.8) is 0 Å². The normalized spacial score (nSPS) is 20.9. The number of hydrogen-bond acceptors (Lipinski definition) is 6. The summed E-state index contributed by atoms with van der Waals surface area (Å²) in [6.07, 6.45) is 0.970. The molecule has 7 nitrogen and oxygen atoms in total. The zero-order valence-electron chi connectivity index (χ0n) is 13.0. The first-order valence-electron chi connectivity index (χ1n) is 6.88. The van der Waals surface area contributed by atoms with Gasteiger partial charge in [-0.2, -0.15) is 0 Å². The fraction of sp³-hybridized carbons (Fsp3) is 0.615. The van der Waals surface area contributed by atoms with Gasteiger partial charge in [-0.05, 0) is 27.7 Å². The molecule has 1 aromatic heterocycles. The highest BCUT2D eigenvalue weighted by molar-refractivity contribution is 6.48. The number of carboxylic acids is 1. The Bertz CT molecular complexity index is 560. The van der Waals surface area contributed by atoms with Gasteiger partial charge in [-0.3, -0.25) is 4.79 Å². The molecule has 1 saturated heterocycles. The van der Waals surface area contributed by atoms with Gasteiger partial charge in [-0.1, -0.05) is 11.6 Å². The van der Waals surface area contributed by atoms with E-state index in [2.05, 4.69) is 9.97 Å². The van der Waals surface area contributed by atoms with Crippen molar-refractivity contribution >= 4 is 30.5 Å². The molecule has 0 aliphatic carbocycles. The number of anilines is 1. The molecule has 2 heterocycles. The summed E-state index contributed by atoms with van der Waals surface area (Å²) in [7, 11) is -0.799. The summed E-state index contributed by atoms with van der Waals surface area (Å²) in [5, 5.41) is 9.32. The molecule has 3 N–H and O–H groups in total. The molecular formula is C13H19BClN3O4. The van der Waals surface area contributed by atoms with Crippen molar-refractivity contribution in [3.8, 4) is 0 Å². The Morgan fingerprint density at radius 2 is 1.91 bits per heavy atom. The van der Waals surface area contributed by atoms with Crippen molar-refractivity contribution < 1.29 is 19.2 Å². The van der Waals surface area contributed by atoms with Crippen LogP contribution in [-0.2, 0) is 14.1 Å². The molecule has 1 aliphatic rings. The Morgan fingerprint density at radius 1 is 1.36 bits per heavy atom. The predicted octanol–water partition coefficient (Wildman–Crippen LogP) is 1.90. The number of nitrogen functional groups attached to an aromatic ring is 1. The van der Waals surface area contributed by atoms with Gasteiger partial charge in [0, 0.05) is 11.4 Å². The molecule has 0 spiro atoms. The number of aliphatic carboxylic acids is 1. The summed E-state index contributed by atoms with van der Waals surface area (Å²) < 4.78 is 11.9. The fourth-order valence-electron chi connectivity index (χ4n) is 2.30. The molecule has 1 atom stereocenters. The second kappa shape index (κ2) is 5.68. The van der Waals surface area contributed by atoms with E-state index in [1.54, 1.807) is 0 Å². The molecule has 0 radical (unpaired) electrons. The van der Waals surface area contributed by atoms with Crippen LogP contribution in [0.2, 0.25) is 5.15 Å². The van der Waals surface area contributed by atoms with Crippen LogP contribution in [0.1, 0.15) is 45.5 Å². The Hall–Kier alpha value is -1.38. The minimum Gasteiger partial charge on any atom is -0.481 e. The van der Waals surface area contributed by atoms with Crippen LogP contribution in [-0.4, -0.2) is 39.4 Å². The largest absolute Gasteiger partial charge is 0.481 e. The lowest BCUT2D eigenvalue weighted by Gasteiger charge is -2.32. The zero-order chi connectivity index (χ0) is 16.7. The van der Waals surface area contributed by atoms with Crippen molar-refractivity contribution in [2.24, 2.45) is 0 Å². The number of halogens is 1. The number of hydrogen-bond donors (Lipinski definition) is 2. The molecule has 1 aliphatic heterocycles. The molecule has 9 heteroatoms. The van der Waals surface area contributed by atoms with Crippen LogP contribution in [0.25, 0.3) is 0 Å². The van der Waals surface area contributed by atoms with Gasteiger partial charge < -0.3 is 20.1 Å². The topological polar surface area (TPSA) is 108 Å². The highest BCUT2D eigenvalue weighted by Crippen LogP contribution is 2.43. The first-order valence-corrected chi connectivity index (χ1v) is 7.26. The lowest BCUT2D eigenvalue weighted by molar-refractivity contribution is -0.137. The second-order valence-corrected chi connectivity index (χ2v) is 6.65. The fourth-order valence-corrected chi connectivity index (χ4v) is 2.59. The van der Waals surface area contributed by atoms with E-state index in [4.69, 9.17) is 26.6 Å². The number of aromatic nitrogens is 2. The van der Waals surface area contributed by atoms with Gasteiger partial charge in [-0.15, -0.1) is 0 Å². The van der Waals surface area contributed by atoms with Crippen molar-refractivity contribution in [1.82, 2.24) is 9.97 Å². The van der Waals surface area contributed by atoms with Gasteiger partial charge in [0.2, 0.25) is 0 Å². The highest BCUT2D eigenvalue weighted by Gasteiger charge is 2.55. The minimum atomic E-state index is -1.01. The van der Waals surface area contributed by atoms with Crippen LogP contribution in [0.5, 0.6) is 0 Å². The Balaban J connectivity index is 2.43. The van der Waals surface area contributed by atoms with Crippen molar-refractivity contribution in [2.75, 3.05) is 5.73 Å². The quantitative estimate of drug-likeness (QED) is 0.642. The zero-order valence-corrected chi connectivity index (χ0v) is 13.7. The third kappa shape index (κ3) is 3.04.